The third-order valence-corrected chi connectivity index (χ3v) is 4.48. The van der Waals surface area contributed by atoms with Crippen LogP contribution in [0.5, 0.6) is 0 Å². The van der Waals surface area contributed by atoms with Crippen LogP contribution in [0.1, 0.15) is 24.8 Å². The van der Waals surface area contributed by atoms with Crippen LogP contribution in [0.25, 0.3) is 0 Å². The summed E-state index contributed by atoms with van der Waals surface area (Å²) in [7, 11) is 1.69. The highest BCUT2D eigenvalue weighted by molar-refractivity contribution is 5.75. The van der Waals surface area contributed by atoms with E-state index >= 15 is 0 Å². The predicted molar refractivity (Wildman–Crippen MR) is 92.0 cm³/mol. The van der Waals surface area contributed by atoms with Crippen LogP contribution < -0.4 is 10.6 Å². The number of likely N-dealkylation sites (tertiary alicyclic amines) is 1. The van der Waals surface area contributed by atoms with E-state index in [1.165, 1.54) is 5.56 Å². The first-order valence-corrected chi connectivity index (χ1v) is 8.53. The Morgan fingerprint density at radius 1 is 1.30 bits per heavy atom. The van der Waals surface area contributed by atoms with Gasteiger partial charge in [0.05, 0.1) is 6.10 Å². The lowest BCUT2D eigenvalue weighted by Crippen LogP contribution is -2.42. The maximum atomic E-state index is 11.4. The van der Waals surface area contributed by atoms with Crippen molar-refractivity contribution in [3.05, 3.63) is 35.9 Å². The van der Waals surface area contributed by atoms with Crippen LogP contribution in [0.3, 0.4) is 0 Å². The average Bonchev–Trinajstić information content (AvgIpc) is 2.57. The van der Waals surface area contributed by atoms with Crippen molar-refractivity contribution in [2.75, 3.05) is 33.2 Å². The van der Waals surface area contributed by atoms with Crippen LogP contribution in [0.4, 0.5) is 0 Å². The first kappa shape index (κ1) is 17.9. The van der Waals surface area contributed by atoms with Gasteiger partial charge in [-0.25, -0.2) is 0 Å². The van der Waals surface area contributed by atoms with Gasteiger partial charge in [0.1, 0.15) is 0 Å². The number of benzene rings is 1. The number of rotatable bonds is 8. The predicted octanol–water partition coefficient (Wildman–Crippen LogP) is 0.985. The Hall–Kier alpha value is -1.43. The molecule has 1 aromatic carbocycles. The molecule has 1 aromatic rings. The fourth-order valence-corrected chi connectivity index (χ4v) is 3.08. The average molecular weight is 319 g/mol. The molecule has 0 bridgehead atoms. The van der Waals surface area contributed by atoms with E-state index < -0.39 is 0 Å². The number of carbonyl (C=O) groups is 1. The van der Waals surface area contributed by atoms with Crippen LogP contribution >= 0.6 is 0 Å². The monoisotopic (exact) mass is 319 g/mol. The highest BCUT2D eigenvalue weighted by Gasteiger charge is 2.22. The Bertz CT molecular complexity index is 459. The number of aliphatic hydroxyl groups excluding tert-OH is 1. The standard InChI is InChI=1S/C18H29N3O2/c1-19-18(23)11-15-7-9-21(10-8-15)14-17(22)13-20-12-16-5-3-2-4-6-16/h2-6,15,17,20,22H,7-14H2,1H3,(H,19,23). The third kappa shape index (κ3) is 6.69. The van der Waals surface area contributed by atoms with Crippen LogP contribution in [-0.2, 0) is 11.3 Å². The van der Waals surface area contributed by atoms with Crippen molar-refractivity contribution in [1.82, 2.24) is 15.5 Å². The number of β-amino-alcohol motifs (C(OH)–C–C–N with tert-alkyl or cyclic N) is 1. The zero-order chi connectivity index (χ0) is 16.5. The van der Waals surface area contributed by atoms with Gasteiger partial charge in [-0.05, 0) is 37.4 Å². The molecule has 0 aliphatic carbocycles. The van der Waals surface area contributed by atoms with Gasteiger partial charge in [-0.15, -0.1) is 0 Å². The Morgan fingerprint density at radius 2 is 2.00 bits per heavy atom. The molecule has 1 amide bonds. The van der Waals surface area contributed by atoms with Crippen molar-refractivity contribution in [3.8, 4) is 0 Å². The summed E-state index contributed by atoms with van der Waals surface area (Å²) < 4.78 is 0. The molecule has 23 heavy (non-hydrogen) atoms. The fraction of sp³-hybridized carbons (Fsp3) is 0.611. The number of amides is 1. The van der Waals surface area contributed by atoms with Gasteiger partial charge < -0.3 is 20.6 Å². The van der Waals surface area contributed by atoms with E-state index in [1.54, 1.807) is 7.05 Å². The summed E-state index contributed by atoms with van der Waals surface area (Å²) in [6.07, 6.45) is 2.36. The second-order valence-corrected chi connectivity index (χ2v) is 6.39. The van der Waals surface area contributed by atoms with Crippen LogP contribution in [-0.4, -0.2) is 55.2 Å². The molecule has 1 atom stereocenters. The third-order valence-electron chi connectivity index (χ3n) is 4.48. The summed E-state index contributed by atoms with van der Waals surface area (Å²) in [5, 5.41) is 16.2. The van der Waals surface area contributed by atoms with Gasteiger partial charge in [0, 0.05) is 33.1 Å². The van der Waals surface area contributed by atoms with E-state index in [1.807, 2.05) is 18.2 Å². The maximum Gasteiger partial charge on any atom is 0.220 e. The lowest BCUT2D eigenvalue weighted by atomic mass is 9.93. The van der Waals surface area contributed by atoms with E-state index in [0.29, 0.717) is 25.4 Å². The lowest BCUT2D eigenvalue weighted by Gasteiger charge is -2.32. The van der Waals surface area contributed by atoms with Crippen molar-refractivity contribution in [1.29, 1.82) is 0 Å². The Morgan fingerprint density at radius 3 is 2.65 bits per heavy atom. The molecular formula is C18H29N3O2. The maximum absolute atomic E-state index is 11.4. The minimum absolute atomic E-state index is 0.133. The van der Waals surface area contributed by atoms with Gasteiger partial charge in [0.25, 0.3) is 0 Å². The SMILES string of the molecule is CNC(=O)CC1CCN(CC(O)CNCc2ccccc2)CC1. The second-order valence-electron chi connectivity index (χ2n) is 6.39. The molecule has 1 saturated heterocycles. The Balaban J connectivity index is 1.59. The van der Waals surface area contributed by atoms with E-state index in [-0.39, 0.29) is 12.0 Å². The zero-order valence-electron chi connectivity index (χ0n) is 14.0. The van der Waals surface area contributed by atoms with Crippen LogP contribution in [0.15, 0.2) is 30.3 Å². The molecule has 3 N–H and O–H groups in total. The number of nitrogens with zero attached hydrogens (tertiary/aromatic N) is 1. The van der Waals surface area contributed by atoms with E-state index in [0.717, 1.165) is 32.5 Å². The molecular weight excluding hydrogens is 290 g/mol. The van der Waals surface area contributed by atoms with Crippen LogP contribution in [0, 0.1) is 5.92 Å². The molecule has 1 fully saturated rings. The van der Waals surface area contributed by atoms with E-state index in [4.69, 9.17) is 0 Å². The largest absolute Gasteiger partial charge is 0.390 e. The first-order valence-electron chi connectivity index (χ1n) is 8.53. The molecule has 5 nitrogen and oxygen atoms in total. The van der Waals surface area contributed by atoms with Gasteiger partial charge >= 0.3 is 0 Å². The minimum atomic E-state index is -0.353. The lowest BCUT2D eigenvalue weighted by molar-refractivity contribution is -0.121. The number of aliphatic hydroxyl groups is 1. The molecule has 0 spiro atoms. The van der Waals surface area contributed by atoms with Crippen molar-refractivity contribution < 1.29 is 9.90 Å². The van der Waals surface area contributed by atoms with Crippen molar-refractivity contribution in [2.24, 2.45) is 5.92 Å². The number of nitrogens with one attached hydrogen (secondary N) is 2. The first-order chi connectivity index (χ1) is 11.2. The van der Waals surface area contributed by atoms with Crippen molar-refractivity contribution in [3.63, 3.8) is 0 Å². The molecule has 0 radical (unpaired) electrons. The Kier molecular flexibility index (Phi) is 7.52. The van der Waals surface area contributed by atoms with Gasteiger partial charge in [0.15, 0.2) is 0 Å². The van der Waals surface area contributed by atoms with Crippen molar-refractivity contribution >= 4 is 5.91 Å². The topological polar surface area (TPSA) is 64.6 Å². The van der Waals surface area contributed by atoms with Gasteiger partial charge in [-0.3, -0.25) is 4.79 Å². The molecule has 1 heterocycles. The molecule has 128 valence electrons. The van der Waals surface area contributed by atoms with Crippen LogP contribution in [0.2, 0.25) is 0 Å². The summed E-state index contributed by atoms with van der Waals surface area (Å²) in [4.78, 5) is 13.7. The summed E-state index contributed by atoms with van der Waals surface area (Å²) in [5.74, 6) is 0.619. The number of piperidine rings is 1. The van der Waals surface area contributed by atoms with E-state index in [2.05, 4.69) is 27.7 Å². The molecule has 0 saturated carbocycles. The Labute approximate surface area is 139 Å². The molecule has 5 heteroatoms. The quantitative estimate of drug-likeness (QED) is 0.668. The number of carbonyl (C=O) groups excluding carboxylic acids is 1. The molecule has 2 rings (SSSR count). The van der Waals surface area contributed by atoms with Crippen molar-refractivity contribution in [2.45, 2.75) is 31.9 Å². The summed E-state index contributed by atoms with van der Waals surface area (Å²) in [5.41, 5.74) is 1.23. The minimum Gasteiger partial charge on any atom is -0.390 e. The number of hydrogen-bond donors (Lipinski definition) is 3. The smallest absolute Gasteiger partial charge is 0.220 e. The molecule has 0 aromatic heterocycles. The van der Waals surface area contributed by atoms with E-state index in [9.17, 15) is 9.90 Å². The molecule has 1 aliphatic rings. The molecule has 1 aliphatic heterocycles. The highest BCUT2D eigenvalue weighted by Crippen LogP contribution is 2.20. The summed E-state index contributed by atoms with van der Waals surface area (Å²) in [6.45, 7) is 4.03. The summed E-state index contributed by atoms with van der Waals surface area (Å²) in [6, 6.07) is 10.2. The second kappa shape index (κ2) is 9.65. The fourth-order valence-electron chi connectivity index (χ4n) is 3.08. The number of hydrogen-bond acceptors (Lipinski definition) is 4. The van der Waals surface area contributed by atoms with Gasteiger partial charge in [-0.1, -0.05) is 30.3 Å². The normalized spacial score (nSPS) is 17.8. The molecule has 1 unspecified atom stereocenters. The van der Waals surface area contributed by atoms with Gasteiger partial charge in [-0.2, -0.15) is 0 Å². The summed E-state index contributed by atoms with van der Waals surface area (Å²) >= 11 is 0. The highest BCUT2D eigenvalue weighted by atomic mass is 16.3. The van der Waals surface area contributed by atoms with Gasteiger partial charge in [0.2, 0.25) is 5.91 Å². The zero-order valence-corrected chi connectivity index (χ0v) is 14.0.